The molecule has 0 amide bonds. The van der Waals surface area contributed by atoms with E-state index in [4.69, 9.17) is 16.3 Å². The summed E-state index contributed by atoms with van der Waals surface area (Å²) in [6.07, 6.45) is 0. The highest BCUT2D eigenvalue weighted by molar-refractivity contribution is 7.20. The van der Waals surface area contributed by atoms with Gasteiger partial charge in [-0.25, -0.2) is 4.79 Å². The van der Waals surface area contributed by atoms with Gasteiger partial charge in [-0.1, -0.05) is 47.5 Å². The van der Waals surface area contributed by atoms with Gasteiger partial charge in [0.05, 0.1) is 12.2 Å². The number of hydrogen-bond donors (Lipinski definition) is 0. The molecule has 4 rings (SSSR count). The summed E-state index contributed by atoms with van der Waals surface area (Å²) in [6.45, 7) is 5.91. The molecule has 158 valence electrons. The summed E-state index contributed by atoms with van der Waals surface area (Å²) in [5.74, 6) is -0.722. The van der Waals surface area contributed by atoms with Crippen LogP contribution < -0.4 is 0 Å². The molecule has 31 heavy (non-hydrogen) atoms. The third-order valence-corrected chi connectivity index (χ3v) is 6.61. The molecule has 5 nitrogen and oxygen atoms in total. The zero-order valence-corrected chi connectivity index (χ0v) is 19.0. The fourth-order valence-corrected chi connectivity index (χ4v) is 4.67. The van der Waals surface area contributed by atoms with Crippen LogP contribution in [-0.4, -0.2) is 28.1 Å². The van der Waals surface area contributed by atoms with Crippen molar-refractivity contribution in [3.8, 4) is 0 Å². The van der Waals surface area contributed by atoms with Gasteiger partial charge in [0.1, 0.15) is 9.71 Å². The normalized spacial score (nSPS) is 11.1. The Balaban J connectivity index is 1.52. The Bertz CT molecular complexity index is 1310. The number of hydrogen-bond acceptors (Lipinski definition) is 5. The molecule has 4 aromatic rings. The molecule has 0 aliphatic heterocycles. The van der Waals surface area contributed by atoms with E-state index in [0.29, 0.717) is 22.0 Å². The summed E-state index contributed by atoms with van der Waals surface area (Å²) in [5.41, 5.74) is 4.21. The number of ether oxygens (including phenoxy) is 1. The van der Waals surface area contributed by atoms with Crippen molar-refractivity contribution in [2.45, 2.75) is 27.3 Å². The number of fused-ring (bicyclic) bond motifs is 1. The van der Waals surface area contributed by atoms with Gasteiger partial charge in [-0.15, -0.1) is 11.3 Å². The van der Waals surface area contributed by atoms with Crippen LogP contribution in [0, 0.1) is 20.8 Å². The molecule has 0 aliphatic carbocycles. The first-order valence-corrected chi connectivity index (χ1v) is 11.0. The fourth-order valence-electron chi connectivity index (χ4n) is 3.42. The minimum absolute atomic E-state index is 0.211. The molecule has 0 unspecified atom stereocenters. The molecule has 0 fully saturated rings. The smallest absolute Gasteiger partial charge is 0.348 e. The van der Waals surface area contributed by atoms with E-state index >= 15 is 0 Å². The van der Waals surface area contributed by atoms with Crippen LogP contribution in [0.3, 0.4) is 0 Å². The fraction of sp³-hybridized carbons (Fsp3) is 0.208. The van der Waals surface area contributed by atoms with Crippen LogP contribution in [0.1, 0.15) is 42.4 Å². The second-order valence-electron chi connectivity index (χ2n) is 7.48. The summed E-state index contributed by atoms with van der Waals surface area (Å²) < 4.78 is 7.17. The molecule has 0 saturated heterocycles. The maximum atomic E-state index is 12.6. The SMILES string of the molecule is Cc1ccc(C)c(C(=O)COC(=O)c2cc3c(C)nn(Cc4ccccc4Cl)c3s2)c1. The highest BCUT2D eigenvalue weighted by Crippen LogP contribution is 2.30. The van der Waals surface area contributed by atoms with Crippen molar-refractivity contribution in [2.75, 3.05) is 6.61 Å². The van der Waals surface area contributed by atoms with Crippen LogP contribution in [0.4, 0.5) is 0 Å². The predicted octanol–water partition coefficient (Wildman–Crippen LogP) is 5.76. The van der Waals surface area contributed by atoms with E-state index in [9.17, 15) is 9.59 Å². The number of rotatable bonds is 6. The topological polar surface area (TPSA) is 61.2 Å². The largest absolute Gasteiger partial charge is 0.453 e. The van der Waals surface area contributed by atoms with Crippen LogP contribution in [0.15, 0.2) is 48.5 Å². The van der Waals surface area contributed by atoms with Crippen LogP contribution >= 0.6 is 22.9 Å². The lowest BCUT2D eigenvalue weighted by atomic mass is 10.0. The number of benzene rings is 2. The van der Waals surface area contributed by atoms with Gasteiger partial charge in [-0.3, -0.25) is 9.48 Å². The van der Waals surface area contributed by atoms with Gasteiger partial charge in [0.15, 0.2) is 6.61 Å². The summed E-state index contributed by atoms with van der Waals surface area (Å²) in [6, 6.07) is 15.0. The Morgan fingerprint density at radius 3 is 2.65 bits per heavy atom. The number of halogens is 1. The maximum Gasteiger partial charge on any atom is 0.348 e. The lowest BCUT2D eigenvalue weighted by molar-refractivity contribution is 0.0479. The van der Waals surface area contributed by atoms with E-state index in [1.54, 1.807) is 6.07 Å². The molecule has 7 heteroatoms. The number of esters is 1. The minimum Gasteiger partial charge on any atom is -0.453 e. The molecule has 2 aromatic heterocycles. The Morgan fingerprint density at radius 1 is 1.10 bits per heavy atom. The molecule has 2 aromatic carbocycles. The summed E-state index contributed by atoms with van der Waals surface area (Å²) >= 11 is 7.59. The van der Waals surface area contributed by atoms with E-state index in [-0.39, 0.29) is 12.4 Å². The summed E-state index contributed by atoms with van der Waals surface area (Å²) in [4.78, 5) is 26.4. The predicted molar refractivity (Wildman–Crippen MR) is 123 cm³/mol. The number of aryl methyl sites for hydroxylation is 3. The number of Topliss-reactive ketones (excluding diaryl/α,β-unsaturated/α-hetero) is 1. The maximum absolute atomic E-state index is 12.6. The van der Waals surface area contributed by atoms with Gasteiger partial charge in [0.2, 0.25) is 5.78 Å². The number of ketones is 1. The van der Waals surface area contributed by atoms with Gasteiger partial charge in [-0.2, -0.15) is 5.10 Å². The molecule has 0 N–H and O–H groups in total. The average Bonchev–Trinajstić information content (AvgIpc) is 3.31. The van der Waals surface area contributed by atoms with Crippen molar-refractivity contribution in [2.24, 2.45) is 0 Å². The molecule has 0 bridgehead atoms. The zero-order valence-electron chi connectivity index (χ0n) is 17.4. The lowest BCUT2D eigenvalue weighted by Crippen LogP contribution is -2.14. The molecule has 0 atom stereocenters. The minimum atomic E-state index is -0.511. The van der Waals surface area contributed by atoms with Gasteiger partial charge >= 0.3 is 5.97 Å². The lowest BCUT2D eigenvalue weighted by Gasteiger charge is -2.07. The van der Waals surface area contributed by atoms with Crippen molar-refractivity contribution in [3.05, 3.63) is 86.4 Å². The van der Waals surface area contributed by atoms with Crippen molar-refractivity contribution in [1.82, 2.24) is 9.78 Å². The van der Waals surface area contributed by atoms with Crippen molar-refractivity contribution in [1.29, 1.82) is 0 Å². The van der Waals surface area contributed by atoms with Crippen LogP contribution in [0.25, 0.3) is 10.2 Å². The van der Waals surface area contributed by atoms with Crippen molar-refractivity contribution in [3.63, 3.8) is 0 Å². The number of carbonyl (C=O) groups excluding carboxylic acids is 2. The van der Waals surface area contributed by atoms with Crippen LogP contribution in [0.2, 0.25) is 5.02 Å². The van der Waals surface area contributed by atoms with Gasteiger partial charge < -0.3 is 4.74 Å². The van der Waals surface area contributed by atoms with Gasteiger partial charge in [0, 0.05) is 16.0 Å². The summed E-state index contributed by atoms with van der Waals surface area (Å²) in [7, 11) is 0. The molecule has 2 heterocycles. The zero-order chi connectivity index (χ0) is 22.1. The Labute approximate surface area is 189 Å². The Kier molecular flexibility index (Phi) is 5.94. The average molecular weight is 453 g/mol. The molecular formula is C24H21ClN2O3S. The molecule has 0 aliphatic rings. The Hall–Kier alpha value is -2.96. The van der Waals surface area contributed by atoms with E-state index < -0.39 is 5.97 Å². The van der Waals surface area contributed by atoms with Gasteiger partial charge in [-0.05, 0) is 50.1 Å². The standard InChI is InChI=1S/C24H21ClN2O3S/c1-14-8-9-15(2)18(10-14)21(28)13-30-24(29)22-11-19-16(3)26-27(23(19)31-22)12-17-6-4-5-7-20(17)25/h4-11H,12-13H2,1-3H3. The Morgan fingerprint density at radius 2 is 1.87 bits per heavy atom. The second-order valence-corrected chi connectivity index (χ2v) is 8.92. The third-order valence-electron chi connectivity index (χ3n) is 5.11. The van der Waals surface area contributed by atoms with E-state index in [1.807, 2.05) is 67.9 Å². The molecule has 0 radical (unpaired) electrons. The van der Waals surface area contributed by atoms with Gasteiger partial charge in [0.25, 0.3) is 0 Å². The molecule has 0 spiro atoms. The molecule has 0 saturated carbocycles. The third kappa shape index (κ3) is 4.40. The van der Waals surface area contributed by atoms with Crippen molar-refractivity contribution < 1.29 is 14.3 Å². The monoisotopic (exact) mass is 452 g/mol. The van der Waals surface area contributed by atoms with E-state index in [2.05, 4.69) is 5.10 Å². The number of nitrogens with zero attached hydrogens (tertiary/aromatic N) is 2. The highest BCUT2D eigenvalue weighted by Gasteiger charge is 2.19. The number of thiophene rings is 1. The highest BCUT2D eigenvalue weighted by atomic mass is 35.5. The second kappa shape index (κ2) is 8.65. The first kappa shape index (κ1) is 21.3. The number of aromatic nitrogens is 2. The van der Waals surface area contributed by atoms with Crippen LogP contribution in [0.5, 0.6) is 0 Å². The first-order valence-electron chi connectivity index (χ1n) is 9.81. The summed E-state index contributed by atoms with van der Waals surface area (Å²) in [5, 5.41) is 6.15. The molecular weight excluding hydrogens is 432 g/mol. The van der Waals surface area contributed by atoms with E-state index in [0.717, 1.165) is 32.6 Å². The first-order chi connectivity index (χ1) is 14.8. The quantitative estimate of drug-likeness (QED) is 0.275. The number of carbonyl (C=O) groups is 2. The van der Waals surface area contributed by atoms with E-state index in [1.165, 1.54) is 11.3 Å². The van der Waals surface area contributed by atoms with Crippen LogP contribution in [-0.2, 0) is 11.3 Å². The van der Waals surface area contributed by atoms with Crippen molar-refractivity contribution >= 4 is 44.9 Å².